The number of unbranched alkanes of at least 4 members (excludes halogenated alkanes) is 1. The van der Waals surface area contributed by atoms with Crippen LogP contribution in [0.5, 0.6) is 0 Å². The first kappa shape index (κ1) is 21.6. The number of fused-ring (bicyclic) bond motifs is 1. The van der Waals surface area contributed by atoms with Crippen LogP contribution < -0.4 is 0 Å². The number of pyridine rings is 1. The minimum absolute atomic E-state index is 0.0302. The van der Waals surface area contributed by atoms with Gasteiger partial charge < -0.3 is 5.11 Å². The van der Waals surface area contributed by atoms with Gasteiger partial charge in [0, 0.05) is 36.0 Å². The number of hydrogen-bond donors (Lipinski definition) is 1. The fraction of sp³-hybridized carbons (Fsp3) is 0.190. The monoisotopic (exact) mass is 435 g/mol. The molecular weight excluding hydrogens is 419 g/mol. The third kappa shape index (κ3) is 3.95. The molecule has 2 aromatic heterocycles. The Balaban J connectivity index is 2.34. The van der Waals surface area contributed by atoms with E-state index in [1.807, 2.05) is 6.92 Å². The molecule has 0 aliphatic heterocycles. The largest absolute Gasteiger partial charge is 0.478 e. The molecule has 1 N–H and O–H groups in total. The van der Waals surface area contributed by atoms with Crippen LogP contribution in [0.2, 0.25) is 5.15 Å². The summed E-state index contributed by atoms with van der Waals surface area (Å²) in [6.45, 7) is 1.88. The smallest absolute Gasteiger partial charge is 0.335 e. The van der Waals surface area contributed by atoms with Crippen molar-refractivity contribution in [2.45, 2.75) is 19.8 Å². The Hall–Kier alpha value is -3.13. The summed E-state index contributed by atoms with van der Waals surface area (Å²) in [5.74, 6) is -3.94. The lowest BCUT2D eigenvalue weighted by Gasteiger charge is -2.12. The van der Waals surface area contributed by atoms with Gasteiger partial charge in [-0.1, -0.05) is 31.0 Å². The van der Waals surface area contributed by atoms with Gasteiger partial charge >= 0.3 is 5.97 Å². The topological polar surface area (TPSA) is 67.0 Å². The number of aromatic carboxylic acids is 1. The van der Waals surface area contributed by atoms with Crippen LogP contribution in [-0.2, 0) is 0 Å². The van der Waals surface area contributed by atoms with E-state index >= 15 is 0 Å². The quantitative estimate of drug-likeness (QED) is 0.496. The van der Waals surface area contributed by atoms with Gasteiger partial charge in [-0.25, -0.2) is 18.6 Å². The number of aliphatic imine (C=N–C) groups is 1. The first-order valence-corrected chi connectivity index (χ1v) is 9.39. The van der Waals surface area contributed by atoms with E-state index in [2.05, 4.69) is 9.98 Å². The van der Waals surface area contributed by atoms with Crippen molar-refractivity contribution < 1.29 is 23.1 Å². The molecule has 0 aliphatic rings. The molecule has 0 fully saturated rings. The van der Waals surface area contributed by atoms with Crippen molar-refractivity contribution in [1.82, 2.24) is 9.38 Å². The first-order valence-electron chi connectivity index (χ1n) is 9.02. The Morgan fingerprint density at radius 2 is 2.07 bits per heavy atom. The molecule has 0 saturated carbocycles. The van der Waals surface area contributed by atoms with Crippen molar-refractivity contribution in [3.8, 4) is 11.3 Å². The molecule has 3 aromatic rings. The van der Waals surface area contributed by atoms with Crippen molar-refractivity contribution in [2.24, 2.45) is 4.99 Å². The highest BCUT2D eigenvalue weighted by molar-refractivity contribution is 6.33. The predicted octanol–water partition coefficient (Wildman–Crippen LogP) is 5.81. The maximum Gasteiger partial charge on any atom is 0.335 e. The van der Waals surface area contributed by atoms with Crippen LogP contribution in [0.25, 0.3) is 22.5 Å². The molecule has 3 rings (SSSR count). The van der Waals surface area contributed by atoms with Crippen molar-refractivity contribution >= 4 is 34.8 Å². The summed E-state index contributed by atoms with van der Waals surface area (Å²) in [4.78, 5) is 19.0. The Morgan fingerprint density at radius 3 is 2.70 bits per heavy atom. The minimum atomic E-state index is -1.17. The average Bonchev–Trinajstić information content (AvgIpc) is 3.03. The zero-order valence-electron chi connectivity index (χ0n) is 16.1. The van der Waals surface area contributed by atoms with Crippen LogP contribution in [0, 0.1) is 11.6 Å². The van der Waals surface area contributed by atoms with Gasteiger partial charge in [0.2, 0.25) is 5.97 Å². The Bertz CT molecular complexity index is 1200. The average molecular weight is 436 g/mol. The lowest BCUT2D eigenvalue weighted by molar-refractivity contribution is 0.0697. The van der Waals surface area contributed by atoms with Gasteiger partial charge in [-0.3, -0.25) is 9.39 Å². The molecule has 156 valence electrons. The third-order valence-corrected chi connectivity index (χ3v) is 4.81. The highest BCUT2D eigenvalue weighted by Gasteiger charge is 2.24. The number of benzene rings is 1. The first-order chi connectivity index (χ1) is 14.3. The second kappa shape index (κ2) is 8.71. The number of carboxylic acid groups (broad SMARTS) is 1. The van der Waals surface area contributed by atoms with Crippen molar-refractivity contribution in [2.75, 3.05) is 7.05 Å². The molecule has 5 nitrogen and oxygen atoms in total. The normalized spacial score (nSPS) is 12.6. The molecule has 0 amide bonds. The van der Waals surface area contributed by atoms with E-state index in [9.17, 15) is 18.0 Å². The summed E-state index contributed by atoms with van der Waals surface area (Å²) in [6, 6.07) is 4.22. The zero-order chi connectivity index (χ0) is 22.0. The summed E-state index contributed by atoms with van der Waals surface area (Å²) in [5.41, 5.74) is -0.336. The van der Waals surface area contributed by atoms with E-state index < -0.39 is 23.6 Å². The zero-order valence-corrected chi connectivity index (χ0v) is 16.8. The maximum absolute atomic E-state index is 14.9. The number of carboxylic acids is 1. The van der Waals surface area contributed by atoms with E-state index in [1.54, 1.807) is 0 Å². The molecule has 2 heterocycles. The summed E-state index contributed by atoms with van der Waals surface area (Å²) in [7, 11) is 1.23. The number of halogens is 4. The molecule has 0 spiro atoms. The van der Waals surface area contributed by atoms with Crippen molar-refractivity contribution in [3.05, 3.63) is 64.5 Å². The number of rotatable bonds is 6. The third-order valence-electron chi connectivity index (χ3n) is 4.45. The molecule has 0 atom stereocenters. The van der Waals surface area contributed by atoms with Gasteiger partial charge in [0.05, 0.1) is 5.56 Å². The van der Waals surface area contributed by atoms with E-state index in [0.29, 0.717) is 18.9 Å². The van der Waals surface area contributed by atoms with Gasteiger partial charge in [-0.15, -0.1) is 0 Å². The fourth-order valence-electron chi connectivity index (χ4n) is 3.05. The van der Waals surface area contributed by atoms with Crippen LogP contribution in [-0.4, -0.2) is 33.5 Å². The number of nitrogens with zero attached hydrogens (tertiary/aromatic N) is 3. The number of imidazole rings is 1. The number of aromatic nitrogens is 2. The van der Waals surface area contributed by atoms with Gasteiger partial charge in [-0.2, -0.15) is 4.39 Å². The number of carbonyl (C=O) groups is 1. The van der Waals surface area contributed by atoms with E-state index in [4.69, 9.17) is 16.7 Å². The van der Waals surface area contributed by atoms with Gasteiger partial charge in [0.25, 0.3) is 0 Å². The highest BCUT2D eigenvalue weighted by Crippen LogP contribution is 2.37. The Morgan fingerprint density at radius 1 is 1.33 bits per heavy atom. The molecule has 0 saturated heterocycles. The van der Waals surface area contributed by atoms with Crippen LogP contribution in [0.15, 0.2) is 41.5 Å². The van der Waals surface area contributed by atoms with Gasteiger partial charge in [-0.05, 0) is 24.6 Å². The molecule has 0 aliphatic carbocycles. The van der Waals surface area contributed by atoms with E-state index in [-0.39, 0.29) is 38.8 Å². The van der Waals surface area contributed by atoms with Gasteiger partial charge in [0.15, 0.2) is 0 Å². The second-order valence-corrected chi connectivity index (χ2v) is 6.79. The summed E-state index contributed by atoms with van der Waals surface area (Å²) < 4.78 is 44.9. The SMILES string of the molecule is CCC/C=C(\C(F)=NC)c1cc(F)cc(F)c1-c1nc2cc(C(=O)O)ccn2c1Cl. The van der Waals surface area contributed by atoms with Crippen LogP contribution in [0.1, 0.15) is 35.7 Å². The van der Waals surface area contributed by atoms with Crippen LogP contribution in [0.3, 0.4) is 0 Å². The molecule has 30 heavy (non-hydrogen) atoms. The molecular formula is C21H17ClF3N3O2. The Labute approximate surface area is 175 Å². The molecule has 0 bridgehead atoms. The maximum atomic E-state index is 14.9. The molecule has 1 aromatic carbocycles. The number of allylic oxidation sites excluding steroid dienone is 2. The Kier molecular flexibility index (Phi) is 6.26. The van der Waals surface area contributed by atoms with Crippen LogP contribution in [0.4, 0.5) is 13.2 Å². The summed E-state index contributed by atoms with van der Waals surface area (Å²) in [6.07, 6.45) is 4.02. The van der Waals surface area contributed by atoms with Gasteiger partial charge in [0.1, 0.15) is 28.1 Å². The fourth-order valence-corrected chi connectivity index (χ4v) is 3.33. The van der Waals surface area contributed by atoms with Crippen molar-refractivity contribution in [1.29, 1.82) is 0 Å². The lowest BCUT2D eigenvalue weighted by atomic mass is 9.96. The summed E-state index contributed by atoms with van der Waals surface area (Å²) >= 11 is 6.38. The van der Waals surface area contributed by atoms with Crippen molar-refractivity contribution in [3.63, 3.8) is 0 Å². The molecule has 9 heteroatoms. The molecule has 0 unspecified atom stereocenters. The lowest BCUT2D eigenvalue weighted by Crippen LogP contribution is -2.02. The molecule has 0 radical (unpaired) electrons. The highest BCUT2D eigenvalue weighted by atomic mass is 35.5. The van der Waals surface area contributed by atoms with E-state index in [0.717, 1.165) is 6.07 Å². The standard InChI is InChI=1S/C21H17ClF3N3O2/c1-3-4-5-13(20(25)26-2)14-9-12(23)10-15(24)17(14)18-19(22)28-7-6-11(21(29)30)8-16(28)27-18/h5-10H,3-4H2,1-2H3,(H,29,30)/b13-5-,26-20?. The van der Waals surface area contributed by atoms with E-state index in [1.165, 1.54) is 35.9 Å². The van der Waals surface area contributed by atoms with Crippen LogP contribution >= 0.6 is 11.6 Å². The second-order valence-electron chi connectivity index (χ2n) is 6.43. The minimum Gasteiger partial charge on any atom is -0.478 e. The predicted molar refractivity (Wildman–Crippen MR) is 110 cm³/mol. The number of hydrogen-bond acceptors (Lipinski definition) is 3. The summed E-state index contributed by atoms with van der Waals surface area (Å²) in [5, 5.41) is 9.14.